The smallest absolute Gasteiger partial charge is 0.331 e. The first-order valence-corrected chi connectivity index (χ1v) is 6.25. The number of allylic oxidation sites excluding steroid dienone is 4. The molecule has 0 heterocycles. The third-order valence-electron chi connectivity index (χ3n) is 4.32. The monoisotopic (exact) mass is 232 g/mol. The van der Waals surface area contributed by atoms with E-state index in [9.17, 15) is 4.79 Å². The lowest BCUT2D eigenvalue weighted by Crippen LogP contribution is -2.29. The zero-order valence-electron chi connectivity index (χ0n) is 10.6. The first kappa shape index (κ1) is 12.2. The van der Waals surface area contributed by atoms with Crippen molar-refractivity contribution in [2.45, 2.75) is 39.5 Å². The van der Waals surface area contributed by atoms with Crippen LogP contribution in [0.5, 0.6) is 0 Å². The SMILES string of the molecule is C=C(C(=O)O)[C@H]1C=C2C(C)=CCC[C@]2(C)CC1. The average Bonchev–Trinajstić information content (AvgIpc) is 2.27. The zero-order valence-corrected chi connectivity index (χ0v) is 10.6. The van der Waals surface area contributed by atoms with Crippen molar-refractivity contribution in [3.8, 4) is 0 Å². The molecule has 2 rings (SSSR count). The molecular formula is C15H20O2. The van der Waals surface area contributed by atoms with Crippen molar-refractivity contribution < 1.29 is 9.90 Å². The number of carboxylic acid groups (broad SMARTS) is 1. The standard InChI is InChI=1S/C15H20O2/c1-10-5-4-7-15(3)8-6-12(9-13(10)15)11(2)14(16)17/h5,9,12H,2,4,6-8H2,1,3H3,(H,16,17)/t12-,15-/m1/s1. The fourth-order valence-corrected chi connectivity index (χ4v) is 3.11. The summed E-state index contributed by atoms with van der Waals surface area (Å²) in [6.45, 7) is 8.13. The number of aliphatic carboxylic acids is 1. The minimum absolute atomic E-state index is 0.0111. The molecule has 2 atom stereocenters. The topological polar surface area (TPSA) is 37.3 Å². The van der Waals surface area contributed by atoms with Gasteiger partial charge in [0.2, 0.25) is 0 Å². The molecule has 2 heteroatoms. The Morgan fingerprint density at radius 1 is 1.53 bits per heavy atom. The summed E-state index contributed by atoms with van der Waals surface area (Å²) >= 11 is 0. The second-order valence-electron chi connectivity index (χ2n) is 5.54. The van der Waals surface area contributed by atoms with Crippen molar-refractivity contribution >= 4 is 5.97 Å². The number of carboxylic acids is 1. The third kappa shape index (κ3) is 2.08. The molecule has 2 aliphatic rings. The van der Waals surface area contributed by atoms with E-state index in [4.69, 9.17) is 5.11 Å². The molecule has 0 fully saturated rings. The van der Waals surface area contributed by atoms with Crippen LogP contribution in [-0.2, 0) is 4.79 Å². The molecule has 0 aromatic carbocycles. The van der Waals surface area contributed by atoms with Gasteiger partial charge >= 0.3 is 5.97 Å². The van der Waals surface area contributed by atoms with Gasteiger partial charge < -0.3 is 5.11 Å². The molecule has 2 aliphatic carbocycles. The molecule has 0 spiro atoms. The van der Waals surface area contributed by atoms with Gasteiger partial charge in [-0.1, -0.05) is 31.2 Å². The lowest BCUT2D eigenvalue weighted by Gasteiger charge is -2.41. The maximum absolute atomic E-state index is 11.0. The molecule has 0 aliphatic heterocycles. The van der Waals surface area contributed by atoms with Crippen LogP contribution in [0.2, 0.25) is 0 Å². The first-order valence-electron chi connectivity index (χ1n) is 6.25. The summed E-state index contributed by atoms with van der Waals surface area (Å²) in [7, 11) is 0. The lowest BCUT2D eigenvalue weighted by atomic mass is 9.63. The van der Waals surface area contributed by atoms with Gasteiger partial charge in [-0.3, -0.25) is 0 Å². The van der Waals surface area contributed by atoms with Gasteiger partial charge in [0.05, 0.1) is 0 Å². The minimum atomic E-state index is -0.868. The van der Waals surface area contributed by atoms with Gasteiger partial charge in [-0.2, -0.15) is 0 Å². The molecular weight excluding hydrogens is 212 g/mol. The summed E-state index contributed by atoms with van der Waals surface area (Å²) in [5, 5.41) is 9.02. The van der Waals surface area contributed by atoms with Crippen molar-refractivity contribution in [2.24, 2.45) is 11.3 Å². The van der Waals surface area contributed by atoms with Gasteiger partial charge in [-0.15, -0.1) is 0 Å². The summed E-state index contributed by atoms with van der Waals surface area (Å²) in [6, 6.07) is 0. The lowest BCUT2D eigenvalue weighted by molar-refractivity contribution is -0.133. The van der Waals surface area contributed by atoms with Crippen LogP contribution in [0, 0.1) is 11.3 Å². The fraction of sp³-hybridized carbons (Fsp3) is 0.533. The van der Waals surface area contributed by atoms with Crippen molar-refractivity contribution in [1.29, 1.82) is 0 Å². The van der Waals surface area contributed by atoms with E-state index in [1.807, 2.05) is 0 Å². The molecule has 1 N–H and O–H groups in total. The highest BCUT2D eigenvalue weighted by molar-refractivity contribution is 5.87. The maximum Gasteiger partial charge on any atom is 0.331 e. The summed E-state index contributed by atoms with van der Waals surface area (Å²) in [5.41, 5.74) is 3.26. The Labute approximate surface area is 103 Å². The molecule has 0 saturated carbocycles. The van der Waals surface area contributed by atoms with E-state index in [0.29, 0.717) is 5.57 Å². The number of carbonyl (C=O) groups is 1. The van der Waals surface area contributed by atoms with Gasteiger partial charge in [-0.25, -0.2) is 4.79 Å². The number of rotatable bonds is 2. The molecule has 0 saturated heterocycles. The van der Waals surface area contributed by atoms with E-state index < -0.39 is 5.97 Å². The van der Waals surface area contributed by atoms with Crippen molar-refractivity contribution in [2.75, 3.05) is 0 Å². The first-order chi connectivity index (χ1) is 7.94. The number of hydrogen-bond acceptors (Lipinski definition) is 1. The molecule has 0 bridgehead atoms. The summed E-state index contributed by atoms with van der Waals surface area (Å²) in [4.78, 5) is 11.0. The van der Waals surface area contributed by atoms with E-state index in [-0.39, 0.29) is 11.3 Å². The highest BCUT2D eigenvalue weighted by atomic mass is 16.4. The fourth-order valence-electron chi connectivity index (χ4n) is 3.11. The van der Waals surface area contributed by atoms with Crippen LogP contribution in [0.4, 0.5) is 0 Å². The van der Waals surface area contributed by atoms with Crippen LogP contribution in [0.1, 0.15) is 39.5 Å². The van der Waals surface area contributed by atoms with E-state index in [0.717, 1.165) is 19.3 Å². The van der Waals surface area contributed by atoms with E-state index >= 15 is 0 Å². The van der Waals surface area contributed by atoms with E-state index in [1.54, 1.807) is 0 Å². The predicted octanol–water partition coefficient (Wildman–Crippen LogP) is 3.71. The molecule has 0 radical (unpaired) electrons. The summed E-state index contributed by atoms with van der Waals surface area (Å²) in [5.74, 6) is -0.857. The largest absolute Gasteiger partial charge is 0.478 e. The minimum Gasteiger partial charge on any atom is -0.478 e. The Morgan fingerprint density at radius 3 is 2.88 bits per heavy atom. The second-order valence-corrected chi connectivity index (χ2v) is 5.54. The van der Waals surface area contributed by atoms with Crippen LogP contribution in [0.15, 0.2) is 35.5 Å². The van der Waals surface area contributed by atoms with Gasteiger partial charge in [0, 0.05) is 11.5 Å². The second kappa shape index (κ2) is 4.17. The number of fused-ring (bicyclic) bond motifs is 1. The highest BCUT2D eigenvalue weighted by Crippen LogP contribution is 2.49. The Balaban J connectivity index is 2.34. The average molecular weight is 232 g/mol. The van der Waals surface area contributed by atoms with Crippen molar-refractivity contribution in [3.05, 3.63) is 35.5 Å². The Bertz CT molecular complexity index is 428. The van der Waals surface area contributed by atoms with Gasteiger partial charge in [0.25, 0.3) is 0 Å². The maximum atomic E-state index is 11.0. The van der Waals surface area contributed by atoms with Crippen LogP contribution < -0.4 is 0 Å². The van der Waals surface area contributed by atoms with E-state index in [1.165, 1.54) is 17.6 Å². The molecule has 0 unspecified atom stereocenters. The molecule has 0 aromatic heterocycles. The van der Waals surface area contributed by atoms with Crippen LogP contribution in [0.25, 0.3) is 0 Å². The van der Waals surface area contributed by atoms with Crippen LogP contribution in [-0.4, -0.2) is 11.1 Å². The predicted molar refractivity (Wildman–Crippen MR) is 68.7 cm³/mol. The Kier molecular flexibility index (Phi) is 2.98. The zero-order chi connectivity index (χ0) is 12.6. The van der Waals surface area contributed by atoms with Gasteiger partial charge in [0.1, 0.15) is 0 Å². The normalized spacial score (nSPS) is 32.2. The number of hydrogen-bond donors (Lipinski definition) is 1. The molecule has 92 valence electrons. The van der Waals surface area contributed by atoms with E-state index in [2.05, 4.69) is 32.6 Å². The summed E-state index contributed by atoms with van der Waals surface area (Å²) in [6.07, 6.45) is 8.72. The van der Waals surface area contributed by atoms with Crippen molar-refractivity contribution in [1.82, 2.24) is 0 Å². The molecule has 0 aromatic rings. The molecule has 2 nitrogen and oxygen atoms in total. The van der Waals surface area contributed by atoms with Crippen LogP contribution >= 0.6 is 0 Å². The highest BCUT2D eigenvalue weighted by Gasteiger charge is 2.36. The summed E-state index contributed by atoms with van der Waals surface area (Å²) < 4.78 is 0. The van der Waals surface area contributed by atoms with Crippen molar-refractivity contribution in [3.63, 3.8) is 0 Å². The quantitative estimate of drug-likeness (QED) is 0.737. The van der Waals surface area contributed by atoms with Gasteiger partial charge in [0.15, 0.2) is 0 Å². The van der Waals surface area contributed by atoms with Crippen LogP contribution in [0.3, 0.4) is 0 Å². The Hall–Kier alpha value is -1.31. The third-order valence-corrected chi connectivity index (χ3v) is 4.32. The van der Waals surface area contributed by atoms with Gasteiger partial charge in [-0.05, 0) is 43.6 Å². The molecule has 0 amide bonds. The Morgan fingerprint density at radius 2 is 2.24 bits per heavy atom. The molecule has 17 heavy (non-hydrogen) atoms.